The molecule has 0 aliphatic rings. The molecule has 0 aliphatic carbocycles. The maximum Gasteiger partial charge on any atom is 0.417 e. The van der Waals surface area contributed by atoms with Crippen molar-refractivity contribution in [1.29, 1.82) is 0 Å². The first kappa shape index (κ1) is 19.0. The molecule has 6 nitrogen and oxygen atoms in total. The molecular formula is C15H17F3N4O2S. The van der Waals surface area contributed by atoms with Crippen LogP contribution in [0.15, 0.2) is 11.4 Å². The van der Waals surface area contributed by atoms with Crippen molar-refractivity contribution < 1.29 is 22.7 Å². The van der Waals surface area contributed by atoms with Gasteiger partial charge in [-0.2, -0.15) is 18.2 Å². The number of anilines is 1. The summed E-state index contributed by atoms with van der Waals surface area (Å²) in [6.07, 6.45) is -4.00. The summed E-state index contributed by atoms with van der Waals surface area (Å²) in [5, 5.41) is 5.87. The van der Waals surface area contributed by atoms with Crippen LogP contribution in [0.5, 0.6) is 5.88 Å². The van der Waals surface area contributed by atoms with E-state index in [0.717, 1.165) is 16.7 Å². The molecule has 0 radical (unpaired) electrons. The number of amides is 2. The smallest absolute Gasteiger partial charge is 0.417 e. The molecule has 0 atom stereocenters. The van der Waals surface area contributed by atoms with Crippen molar-refractivity contribution >= 4 is 23.3 Å². The summed E-state index contributed by atoms with van der Waals surface area (Å²) in [6.45, 7) is 3.22. The zero-order valence-corrected chi connectivity index (χ0v) is 14.6. The summed E-state index contributed by atoms with van der Waals surface area (Å²) in [4.78, 5) is 20.5. The van der Waals surface area contributed by atoms with Gasteiger partial charge < -0.3 is 10.1 Å². The monoisotopic (exact) mass is 374 g/mol. The van der Waals surface area contributed by atoms with Crippen LogP contribution in [0.3, 0.4) is 0 Å². The summed E-state index contributed by atoms with van der Waals surface area (Å²) in [5.41, 5.74) is -0.0615. The molecule has 0 saturated heterocycles. The van der Waals surface area contributed by atoms with Gasteiger partial charge in [-0.3, -0.25) is 5.32 Å². The number of nitrogens with zero attached hydrogens (tertiary/aromatic N) is 2. The third kappa shape index (κ3) is 4.81. The fraction of sp³-hybridized carbons (Fsp3) is 0.400. The molecule has 2 amide bonds. The van der Waals surface area contributed by atoms with Gasteiger partial charge in [-0.15, -0.1) is 11.3 Å². The summed E-state index contributed by atoms with van der Waals surface area (Å²) in [7, 11) is 1.42. The van der Waals surface area contributed by atoms with Crippen LogP contribution < -0.4 is 15.4 Å². The minimum atomic E-state index is -4.45. The average Bonchev–Trinajstić information content (AvgIpc) is 2.95. The van der Waals surface area contributed by atoms with Crippen LogP contribution in [0.2, 0.25) is 0 Å². The molecule has 2 aromatic rings. The highest BCUT2D eigenvalue weighted by Crippen LogP contribution is 2.37. The molecule has 2 rings (SSSR count). The Morgan fingerprint density at radius 1 is 1.36 bits per heavy atom. The van der Waals surface area contributed by atoms with Crippen LogP contribution in [0.1, 0.15) is 28.6 Å². The van der Waals surface area contributed by atoms with Gasteiger partial charge in [0.1, 0.15) is 0 Å². The lowest BCUT2D eigenvalue weighted by atomic mass is 10.1. The molecule has 0 bridgehead atoms. The second kappa shape index (κ2) is 7.68. The van der Waals surface area contributed by atoms with E-state index in [-0.39, 0.29) is 23.9 Å². The fourth-order valence-electron chi connectivity index (χ4n) is 2.17. The molecule has 10 heteroatoms. The van der Waals surface area contributed by atoms with Crippen LogP contribution in [0, 0.1) is 6.92 Å². The highest BCUT2D eigenvalue weighted by Gasteiger charge is 2.35. The molecule has 2 aromatic heterocycles. The number of rotatable bonds is 5. The number of carbonyl (C=O) groups excluding carboxylic acids is 1. The predicted octanol–water partition coefficient (Wildman–Crippen LogP) is 3.76. The van der Waals surface area contributed by atoms with Crippen molar-refractivity contribution in [2.75, 3.05) is 12.4 Å². The molecule has 0 aliphatic heterocycles. The molecule has 0 saturated carbocycles. The van der Waals surface area contributed by atoms with E-state index >= 15 is 0 Å². The number of aromatic nitrogens is 2. The first-order valence-corrected chi connectivity index (χ1v) is 8.23. The SMILES string of the molecule is CCc1scc(C(F)(F)F)c1CNC(=O)Nc1nc(C)cc(OC)n1. The Kier molecular flexibility index (Phi) is 5.83. The maximum absolute atomic E-state index is 13.0. The number of methoxy groups -OCH3 is 1. The van der Waals surface area contributed by atoms with E-state index in [2.05, 4.69) is 20.6 Å². The van der Waals surface area contributed by atoms with Crippen molar-refractivity contribution in [3.05, 3.63) is 33.1 Å². The molecule has 0 unspecified atom stereocenters. The minimum absolute atomic E-state index is 0.00595. The first-order chi connectivity index (χ1) is 11.7. The Balaban J connectivity index is 2.08. The number of hydrogen-bond acceptors (Lipinski definition) is 5. The van der Waals surface area contributed by atoms with Gasteiger partial charge in [-0.1, -0.05) is 6.92 Å². The number of ether oxygens (including phenoxy) is 1. The number of aryl methyl sites for hydroxylation is 2. The lowest BCUT2D eigenvalue weighted by Crippen LogP contribution is -2.30. The van der Waals surface area contributed by atoms with Gasteiger partial charge in [-0.25, -0.2) is 9.78 Å². The van der Waals surface area contributed by atoms with Crippen molar-refractivity contribution in [2.24, 2.45) is 0 Å². The van der Waals surface area contributed by atoms with Crippen molar-refractivity contribution in [3.63, 3.8) is 0 Å². The number of carbonyl (C=O) groups is 1. The lowest BCUT2D eigenvalue weighted by Gasteiger charge is -2.12. The normalized spacial score (nSPS) is 11.3. The number of nitrogens with one attached hydrogen (secondary N) is 2. The number of urea groups is 1. The van der Waals surface area contributed by atoms with Gasteiger partial charge >= 0.3 is 12.2 Å². The summed E-state index contributed by atoms with van der Waals surface area (Å²) in [5.74, 6) is 0.277. The molecule has 0 spiro atoms. The molecular weight excluding hydrogens is 357 g/mol. The Morgan fingerprint density at radius 2 is 2.08 bits per heavy atom. The Morgan fingerprint density at radius 3 is 2.68 bits per heavy atom. The lowest BCUT2D eigenvalue weighted by molar-refractivity contribution is -0.137. The van der Waals surface area contributed by atoms with Crippen molar-refractivity contribution in [1.82, 2.24) is 15.3 Å². The number of halogens is 3. The quantitative estimate of drug-likeness (QED) is 0.836. The Labute approximate surface area is 146 Å². The van der Waals surface area contributed by atoms with E-state index in [9.17, 15) is 18.0 Å². The van der Waals surface area contributed by atoms with Crippen LogP contribution >= 0.6 is 11.3 Å². The largest absolute Gasteiger partial charge is 0.481 e. The second-order valence-electron chi connectivity index (χ2n) is 5.09. The van der Waals surface area contributed by atoms with Gasteiger partial charge in [0, 0.05) is 28.6 Å². The summed E-state index contributed by atoms with van der Waals surface area (Å²) in [6, 6.07) is 0.881. The van der Waals surface area contributed by atoms with Crippen LogP contribution in [0.4, 0.5) is 23.9 Å². The predicted molar refractivity (Wildman–Crippen MR) is 87.9 cm³/mol. The Hall–Kier alpha value is -2.36. The first-order valence-electron chi connectivity index (χ1n) is 7.35. The summed E-state index contributed by atoms with van der Waals surface area (Å²) < 4.78 is 44.1. The van der Waals surface area contributed by atoms with Gasteiger partial charge in [0.2, 0.25) is 11.8 Å². The number of hydrogen-bond donors (Lipinski definition) is 2. The highest BCUT2D eigenvalue weighted by atomic mass is 32.1. The van der Waals surface area contributed by atoms with Gasteiger partial charge in [0.05, 0.1) is 12.7 Å². The van der Waals surface area contributed by atoms with Crippen LogP contribution in [-0.2, 0) is 19.1 Å². The average molecular weight is 374 g/mol. The second-order valence-corrected chi connectivity index (χ2v) is 6.05. The number of thiophene rings is 1. The molecule has 25 heavy (non-hydrogen) atoms. The topological polar surface area (TPSA) is 76.1 Å². The van der Waals surface area contributed by atoms with E-state index in [1.807, 2.05) is 0 Å². The molecule has 2 N–H and O–H groups in total. The number of alkyl halides is 3. The van der Waals surface area contributed by atoms with E-state index in [4.69, 9.17) is 4.74 Å². The minimum Gasteiger partial charge on any atom is -0.481 e. The Bertz CT molecular complexity index is 762. The zero-order chi connectivity index (χ0) is 18.6. The third-order valence-corrected chi connectivity index (χ3v) is 4.47. The van der Waals surface area contributed by atoms with Gasteiger partial charge in [0.25, 0.3) is 0 Å². The third-order valence-electron chi connectivity index (χ3n) is 3.30. The van der Waals surface area contributed by atoms with Crippen molar-refractivity contribution in [2.45, 2.75) is 33.0 Å². The molecule has 136 valence electrons. The van der Waals surface area contributed by atoms with E-state index in [1.54, 1.807) is 19.9 Å². The van der Waals surface area contributed by atoms with Gasteiger partial charge in [0.15, 0.2) is 0 Å². The summed E-state index contributed by atoms with van der Waals surface area (Å²) >= 11 is 1.03. The van der Waals surface area contributed by atoms with E-state index in [0.29, 0.717) is 17.0 Å². The molecule has 2 heterocycles. The highest BCUT2D eigenvalue weighted by molar-refractivity contribution is 7.10. The van der Waals surface area contributed by atoms with Crippen LogP contribution in [0.25, 0.3) is 0 Å². The molecule has 0 fully saturated rings. The fourth-order valence-corrected chi connectivity index (χ4v) is 3.19. The van der Waals surface area contributed by atoms with E-state index < -0.39 is 17.8 Å². The van der Waals surface area contributed by atoms with Crippen LogP contribution in [-0.4, -0.2) is 23.1 Å². The maximum atomic E-state index is 13.0. The van der Waals surface area contributed by atoms with Gasteiger partial charge in [-0.05, 0) is 18.9 Å². The molecule has 0 aromatic carbocycles. The van der Waals surface area contributed by atoms with E-state index in [1.165, 1.54) is 7.11 Å². The standard InChI is InChI=1S/C15H17F3N4O2S/c1-4-11-9(10(7-25-11)15(16,17)18)6-19-14(23)22-13-20-8(2)5-12(21-13)24-3/h5,7H,4,6H2,1-3H3,(H2,19,20,21,22,23). The van der Waals surface area contributed by atoms with Crippen molar-refractivity contribution in [3.8, 4) is 5.88 Å². The zero-order valence-electron chi connectivity index (χ0n) is 13.8.